The van der Waals surface area contributed by atoms with Crippen LogP contribution in [0.3, 0.4) is 0 Å². The van der Waals surface area contributed by atoms with Crippen molar-refractivity contribution in [2.75, 3.05) is 18.6 Å². The highest BCUT2D eigenvalue weighted by molar-refractivity contribution is 7.98. The second-order valence-electron chi connectivity index (χ2n) is 19.5. The van der Waals surface area contributed by atoms with Crippen molar-refractivity contribution in [1.29, 1.82) is 0 Å². The van der Waals surface area contributed by atoms with Crippen molar-refractivity contribution in [2.45, 2.75) is 155 Å². The summed E-state index contributed by atoms with van der Waals surface area (Å²) in [6.45, 7) is 15.0. The maximum atomic E-state index is 14.7. The normalized spacial score (nSPS) is 25.9. The van der Waals surface area contributed by atoms with Crippen LogP contribution >= 0.6 is 11.8 Å². The Labute approximate surface area is 407 Å². The molecular formula is C51H76N8O8S. The summed E-state index contributed by atoms with van der Waals surface area (Å²) < 4.78 is 0. The van der Waals surface area contributed by atoms with E-state index in [2.05, 4.69) is 37.2 Å². The standard InChI is InChI=1S/C51H76N8O8S/c1-10-33(8)43-50(66)52-36(23-25-68-9)44(60)53-38(27-31(4)5)46(62)57-42(32(6)7)49(65)56-40(29-35-20-15-12-16-21-35)51(67)59-24-17-22-41(59)48(64)55-37(26-30(2)3)45(61)54-39(47(63)58-43)28-34-18-13-11-14-19-34/h11-16,18-21,30-33,36-43H,10,17,22-29H2,1-9H3,(H,52,66)(H,53,60)(H,54,61)(H,55,64)(H,56,65)(H,57,62)(H,58,63). The number of hydrogen-bond donors (Lipinski definition) is 7. The minimum Gasteiger partial charge on any atom is -0.343 e. The number of fused-ring (bicyclic) bond motifs is 1. The number of nitrogens with one attached hydrogen (secondary N) is 7. The van der Waals surface area contributed by atoms with Crippen LogP contribution in [-0.2, 0) is 51.2 Å². The molecule has 2 aliphatic rings. The van der Waals surface area contributed by atoms with Crippen LogP contribution in [0.15, 0.2) is 60.7 Å². The van der Waals surface area contributed by atoms with E-state index < -0.39 is 107 Å². The molecule has 9 unspecified atom stereocenters. The van der Waals surface area contributed by atoms with Gasteiger partial charge in [-0.2, -0.15) is 11.8 Å². The predicted molar refractivity (Wildman–Crippen MR) is 265 cm³/mol. The van der Waals surface area contributed by atoms with Gasteiger partial charge in [-0.15, -0.1) is 0 Å². The third-order valence-electron chi connectivity index (χ3n) is 12.6. The lowest BCUT2D eigenvalue weighted by atomic mass is 9.96. The first kappa shape index (κ1) is 55.1. The summed E-state index contributed by atoms with van der Waals surface area (Å²) in [6, 6.07) is 9.40. The summed E-state index contributed by atoms with van der Waals surface area (Å²) in [5.74, 6) is -5.26. The topological polar surface area (TPSA) is 224 Å². The molecule has 2 saturated heterocycles. The van der Waals surface area contributed by atoms with E-state index >= 15 is 0 Å². The highest BCUT2D eigenvalue weighted by Gasteiger charge is 2.41. The molecule has 2 aromatic rings. The zero-order valence-corrected chi connectivity index (χ0v) is 42.2. The average Bonchev–Trinajstić information content (AvgIpc) is 3.80. The molecule has 7 N–H and O–H groups in total. The number of thioether (sulfide) groups is 1. The summed E-state index contributed by atoms with van der Waals surface area (Å²) in [4.78, 5) is 117. The van der Waals surface area contributed by atoms with Crippen molar-refractivity contribution in [3.8, 4) is 0 Å². The molecule has 0 saturated carbocycles. The van der Waals surface area contributed by atoms with Crippen molar-refractivity contribution < 1.29 is 38.4 Å². The minimum absolute atomic E-state index is 0.0603. The first-order chi connectivity index (χ1) is 32.3. The van der Waals surface area contributed by atoms with Crippen molar-refractivity contribution in [3.63, 3.8) is 0 Å². The molecule has 2 fully saturated rings. The number of carbonyl (C=O) groups excluding carboxylic acids is 8. The molecule has 68 heavy (non-hydrogen) atoms. The van der Waals surface area contributed by atoms with Gasteiger partial charge in [0.15, 0.2) is 0 Å². The van der Waals surface area contributed by atoms with Crippen molar-refractivity contribution >= 4 is 59.0 Å². The third kappa shape index (κ3) is 16.4. The average molecular weight is 961 g/mol. The first-order valence-corrected chi connectivity index (χ1v) is 25.7. The van der Waals surface area contributed by atoms with Crippen LogP contribution in [-0.4, -0.2) is 119 Å². The van der Waals surface area contributed by atoms with Gasteiger partial charge in [-0.1, -0.05) is 122 Å². The van der Waals surface area contributed by atoms with E-state index in [9.17, 15) is 38.4 Å². The first-order valence-electron chi connectivity index (χ1n) is 24.3. The number of carbonyl (C=O) groups is 8. The number of rotatable bonds is 14. The smallest absolute Gasteiger partial charge is 0.246 e. The molecule has 0 bridgehead atoms. The van der Waals surface area contributed by atoms with E-state index in [-0.39, 0.29) is 50.5 Å². The molecule has 0 aromatic heterocycles. The van der Waals surface area contributed by atoms with E-state index in [4.69, 9.17) is 0 Å². The van der Waals surface area contributed by atoms with Crippen LogP contribution in [0.25, 0.3) is 0 Å². The van der Waals surface area contributed by atoms with Gasteiger partial charge in [-0.3, -0.25) is 38.4 Å². The van der Waals surface area contributed by atoms with E-state index in [1.54, 1.807) is 20.8 Å². The van der Waals surface area contributed by atoms with Crippen LogP contribution in [0, 0.1) is 23.7 Å². The molecule has 2 aromatic carbocycles. The summed E-state index contributed by atoms with van der Waals surface area (Å²) >= 11 is 1.47. The van der Waals surface area contributed by atoms with Crippen LogP contribution < -0.4 is 37.2 Å². The monoisotopic (exact) mass is 961 g/mol. The number of hydrogen-bond acceptors (Lipinski definition) is 9. The van der Waals surface area contributed by atoms with Gasteiger partial charge in [0.25, 0.3) is 0 Å². The fraction of sp³-hybridized carbons (Fsp3) is 0.608. The Morgan fingerprint density at radius 2 is 0.985 bits per heavy atom. The molecule has 2 aliphatic heterocycles. The van der Waals surface area contributed by atoms with Gasteiger partial charge in [-0.05, 0) is 78.9 Å². The molecule has 4 rings (SSSR count). The van der Waals surface area contributed by atoms with E-state index in [1.807, 2.05) is 102 Å². The molecule has 16 nitrogen and oxygen atoms in total. The second kappa shape index (κ2) is 26.9. The van der Waals surface area contributed by atoms with Crippen molar-refractivity contribution in [2.24, 2.45) is 23.7 Å². The molecule has 0 spiro atoms. The van der Waals surface area contributed by atoms with Gasteiger partial charge in [0.2, 0.25) is 47.3 Å². The quantitative estimate of drug-likeness (QED) is 0.147. The molecule has 0 radical (unpaired) electrons. The summed E-state index contributed by atoms with van der Waals surface area (Å²) in [6.07, 6.45) is 3.92. The van der Waals surface area contributed by atoms with Crippen molar-refractivity contribution in [3.05, 3.63) is 71.8 Å². The molecule has 374 valence electrons. The highest BCUT2D eigenvalue weighted by Crippen LogP contribution is 2.22. The van der Waals surface area contributed by atoms with E-state index in [0.29, 0.717) is 25.0 Å². The van der Waals surface area contributed by atoms with Gasteiger partial charge in [-0.25, -0.2) is 0 Å². The van der Waals surface area contributed by atoms with Gasteiger partial charge < -0.3 is 42.1 Å². The lowest BCUT2D eigenvalue weighted by Crippen LogP contribution is -2.62. The van der Waals surface area contributed by atoms with E-state index in [1.165, 1.54) is 16.7 Å². The SMILES string of the molecule is CCC(C)C1NC(=O)C(Cc2ccccc2)NC(=O)C(CC(C)C)NC(=O)C2CCCN2C(=O)C(Cc2ccccc2)NC(=O)C(C(C)C)NC(=O)C(CC(C)C)NC(=O)C(CCSC)NC1=O. The van der Waals surface area contributed by atoms with Crippen LogP contribution in [0.1, 0.15) is 105 Å². The van der Waals surface area contributed by atoms with Crippen LogP contribution in [0.4, 0.5) is 0 Å². The van der Waals surface area contributed by atoms with Gasteiger partial charge >= 0.3 is 0 Å². The Balaban J connectivity index is 1.84. The Bertz CT molecular complexity index is 2020. The predicted octanol–water partition coefficient (Wildman–Crippen LogP) is 3.42. The van der Waals surface area contributed by atoms with Gasteiger partial charge in [0.05, 0.1) is 0 Å². The molecular weight excluding hydrogens is 885 g/mol. The fourth-order valence-electron chi connectivity index (χ4n) is 8.60. The second-order valence-corrected chi connectivity index (χ2v) is 20.5. The Hall–Kier alpha value is -5.45. The fourth-order valence-corrected chi connectivity index (χ4v) is 9.07. The number of benzene rings is 2. The largest absolute Gasteiger partial charge is 0.343 e. The lowest BCUT2D eigenvalue weighted by Gasteiger charge is -2.32. The molecule has 8 amide bonds. The number of amides is 8. The van der Waals surface area contributed by atoms with Crippen LogP contribution in [0.5, 0.6) is 0 Å². The Morgan fingerprint density at radius 1 is 0.544 bits per heavy atom. The Morgan fingerprint density at radius 3 is 1.51 bits per heavy atom. The number of nitrogens with zero attached hydrogens (tertiary/aromatic N) is 1. The zero-order chi connectivity index (χ0) is 50.1. The van der Waals surface area contributed by atoms with Crippen LogP contribution in [0.2, 0.25) is 0 Å². The summed E-state index contributed by atoms with van der Waals surface area (Å²) in [7, 11) is 0. The maximum absolute atomic E-state index is 14.7. The Kier molecular flexibility index (Phi) is 21.8. The molecule has 9 atom stereocenters. The third-order valence-corrected chi connectivity index (χ3v) is 13.3. The van der Waals surface area contributed by atoms with Gasteiger partial charge in [0.1, 0.15) is 48.3 Å². The maximum Gasteiger partial charge on any atom is 0.246 e. The minimum atomic E-state index is -1.19. The van der Waals surface area contributed by atoms with Gasteiger partial charge in [0, 0.05) is 19.4 Å². The van der Waals surface area contributed by atoms with E-state index in [0.717, 1.165) is 11.1 Å². The lowest BCUT2D eigenvalue weighted by molar-refractivity contribution is -0.143. The molecule has 0 aliphatic carbocycles. The zero-order valence-electron chi connectivity index (χ0n) is 41.4. The summed E-state index contributed by atoms with van der Waals surface area (Å²) in [5, 5.41) is 20.2. The molecule has 2 heterocycles. The summed E-state index contributed by atoms with van der Waals surface area (Å²) in [5.41, 5.74) is 1.49. The van der Waals surface area contributed by atoms with Crippen molar-refractivity contribution in [1.82, 2.24) is 42.1 Å². The molecule has 17 heteroatoms. The highest BCUT2D eigenvalue weighted by atomic mass is 32.2.